The number of rotatable bonds is 18. The van der Waals surface area contributed by atoms with E-state index in [4.69, 9.17) is 4.12 Å². The monoisotopic (exact) mass is 602 g/mol. The first kappa shape index (κ1) is 35.7. The van der Waals surface area contributed by atoms with E-state index in [1.165, 1.54) is 16.7 Å². The van der Waals surface area contributed by atoms with Gasteiger partial charge in [-0.3, -0.25) is 19.3 Å². The number of carbonyl (C=O) groups excluding carboxylic acids is 4. The van der Waals surface area contributed by atoms with Gasteiger partial charge in [-0.05, 0) is 91.0 Å². The molecule has 1 heterocycles. The molecule has 226 valence electrons. The van der Waals surface area contributed by atoms with Crippen molar-refractivity contribution in [3.05, 3.63) is 0 Å². The first-order valence-electron chi connectivity index (χ1n) is 14.6. The van der Waals surface area contributed by atoms with Crippen molar-refractivity contribution in [1.29, 1.82) is 0 Å². The first-order valence-corrected chi connectivity index (χ1v) is 22.3. The van der Waals surface area contributed by atoms with Gasteiger partial charge in [0.15, 0.2) is 16.6 Å². The fourth-order valence-electron chi connectivity index (χ4n) is 5.09. The van der Waals surface area contributed by atoms with E-state index in [0.717, 1.165) is 44.6 Å². The third kappa shape index (κ3) is 15.3. The summed E-state index contributed by atoms with van der Waals surface area (Å²) in [6.07, 6.45) is 8.89. The minimum Gasteiger partial charge on any atom is -0.456 e. The molecule has 3 N–H and O–H groups in total. The standard InChI is InChI=1S/C27H54N4O5SSi2/c1-21(30-26(34)28-17-11-9-10-12-18-29-27(35)37-3)15-16-22(2)31-24(32)20-23(25(31)33)14-13-19-39(7,8)36-38(4,5)6/h21-23H,9-20H2,1-8H3,(H,29,35)(H2,28,30,34). The molecule has 3 unspecified atom stereocenters. The molecule has 0 aromatic rings. The molecule has 0 spiro atoms. The molecule has 9 nitrogen and oxygen atoms in total. The number of hydrogen-bond acceptors (Lipinski definition) is 6. The Morgan fingerprint density at radius 2 is 1.59 bits per heavy atom. The van der Waals surface area contributed by atoms with Crippen LogP contribution in [0, 0.1) is 5.92 Å². The lowest BCUT2D eigenvalue weighted by Crippen LogP contribution is -2.43. The van der Waals surface area contributed by atoms with E-state index in [1.54, 1.807) is 6.26 Å². The van der Waals surface area contributed by atoms with Crippen LogP contribution in [0.5, 0.6) is 0 Å². The number of thioether (sulfide) groups is 1. The zero-order valence-electron chi connectivity index (χ0n) is 25.6. The van der Waals surface area contributed by atoms with Crippen LogP contribution in [0.4, 0.5) is 9.59 Å². The number of carbonyl (C=O) groups is 4. The minimum atomic E-state index is -1.75. The molecule has 1 aliphatic heterocycles. The molecule has 0 saturated carbocycles. The van der Waals surface area contributed by atoms with Crippen molar-refractivity contribution in [2.45, 2.75) is 122 Å². The third-order valence-corrected chi connectivity index (χ3v) is 13.6. The molecular formula is C27H54N4O5SSi2. The largest absolute Gasteiger partial charge is 0.456 e. The van der Waals surface area contributed by atoms with E-state index < -0.39 is 16.6 Å². The summed E-state index contributed by atoms with van der Waals surface area (Å²) in [7, 11) is -3.33. The number of amides is 5. The summed E-state index contributed by atoms with van der Waals surface area (Å²) >= 11 is 1.18. The average molecular weight is 603 g/mol. The molecular weight excluding hydrogens is 549 g/mol. The van der Waals surface area contributed by atoms with Gasteiger partial charge in [0.2, 0.25) is 11.8 Å². The Kier molecular flexibility index (Phi) is 15.9. The van der Waals surface area contributed by atoms with Crippen LogP contribution >= 0.6 is 11.8 Å². The van der Waals surface area contributed by atoms with Gasteiger partial charge in [0.1, 0.15) is 0 Å². The summed E-state index contributed by atoms with van der Waals surface area (Å²) in [5.74, 6) is -0.326. The lowest BCUT2D eigenvalue weighted by Gasteiger charge is -2.31. The van der Waals surface area contributed by atoms with Crippen LogP contribution in [-0.4, -0.2) is 76.0 Å². The molecule has 1 aliphatic rings. The summed E-state index contributed by atoms with van der Waals surface area (Å²) in [4.78, 5) is 50.5. The molecule has 0 aliphatic carbocycles. The molecule has 0 radical (unpaired) electrons. The number of urea groups is 1. The Bertz CT molecular complexity index is 810. The number of imide groups is 1. The molecule has 3 atom stereocenters. The maximum absolute atomic E-state index is 13.0. The van der Waals surface area contributed by atoms with Crippen molar-refractivity contribution < 1.29 is 23.3 Å². The van der Waals surface area contributed by atoms with E-state index in [9.17, 15) is 19.2 Å². The number of nitrogens with zero attached hydrogens (tertiary/aromatic N) is 1. The highest BCUT2D eigenvalue weighted by atomic mass is 32.2. The Hall–Kier alpha value is -1.38. The Balaban J connectivity index is 2.28. The fraction of sp³-hybridized carbons (Fsp3) is 0.852. The zero-order valence-corrected chi connectivity index (χ0v) is 28.4. The van der Waals surface area contributed by atoms with Crippen LogP contribution < -0.4 is 16.0 Å². The maximum Gasteiger partial charge on any atom is 0.314 e. The first-order chi connectivity index (χ1) is 18.1. The molecule has 1 fully saturated rings. The fourth-order valence-corrected chi connectivity index (χ4v) is 13.4. The molecule has 0 aromatic carbocycles. The number of nitrogens with one attached hydrogen (secondary N) is 3. The van der Waals surface area contributed by atoms with Crippen LogP contribution in [-0.2, 0) is 13.7 Å². The average Bonchev–Trinajstić information content (AvgIpc) is 3.10. The van der Waals surface area contributed by atoms with Gasteiger partial charge in [0, 0.05) is 37.5 Å². The number of hydrogen-bond donors (Lipinski definition) is 3. The second-order valence-electron chi connectivity index (χ2n) is 12.4. The molecule has 1 saturated heterocycles. The highest BCUT2D eigenvalue weighted by Crippen LogP contribution is 2.29. The van der Waals surface area contributed by atoms with Gasteiger partial charge in [0.05, 0.1) is 0 Å². The summed E-state index contributed by atoms with van der Waals surface area (Å²) in [6, 6.07) is 0.577. The van der Waals surface area contributed by atoms with Crippen molar-refractivity contribution in [3.63, 3.8) is 0 Å². The molecule has 5 amide bonds. The van der Waals surface area contributed by atoms with Crippen molar-refractivity contribution >= 4 is 51.5 Å². The molecule has 39 heavy (non-hydrogen) atoms. The van der Waals surface area contributed by atoms with E-state index in [1.807, 2.05) is 13.8 Å². The van der Waals surface area contributed by atoms with E-state index >= 15 is 0 Å². The predicted molar refractivity (Wildman–Crippen MR) is 166 cm³/mol. The van der Waals surface area contributed by atoms with Gasteiger partial charge >= 0.3 is 6.03 Å². The smallest absolute Gasteiger partial charge is 0.314 e. The van der Waals surface area contributed by atoms with Crippen LogP contribution in [0.25, 0.3) is 0 Å². The summed E-state index contributed by atoms with van der Waals surface area (Å²) in [5.41, 5.74) is 0. The second kappa shape index (κ2) is 17.4. The van der Waals surface area contributed by atoms with Gasteiger partial charge in [-0.2, -0.15) is 0 Å². The summed E-state index contributed by atoms with van der Waals surface area (Å²) in [6.45, 7) is 16.3. The van der Waals surface area contributed by atoms with Crippen LogP contribution in [0.15, 0.2) is 0 Å². The predicted octanol–water partition coefficient (Wildman–Crippen LogP) is 5.69. The molecule has 0 bridgehead atoms. The zero-order chi connectivity index (χ0) is 29.6. The molecule has 1 rings (SSSR count). The SMILES string of the molecule is CSC(=O)NCCCCCCNC(=O)NC(C)CCC(C)N1C(=O)CC(CCC[Si](C)(C)O[Si](C)(C)C)C1=O. The Morgan fingerprint density at radius 1 is 0.974 bits per heavy atom. The number of likely N-dealkylation sites (tertiary alicyclic amines) is 1. The lowest BCUT2D eigenvalue weighted by atomic mass is 10.0. The van der Waals surface area contributed by atoms with Crippen LogP contribution in [0.3, 0.4) is 0 Å². The highest BCUT2D eigenvalue weighted by Gasteiger charge is 2.41. The van der Waals surface area contributed by atoms with Crippen LogP contribution in [0.1, 0.15) is 71.6 Å². The van der Waals surface area contributed by atoms with Gasteiger partial charge in [0.25, 0.3) is 5.24 Å². The van der Waals surface area contributed by atoms with Crippen molar-refractivity contribution in [2.24, 2.45) is 5.92 Å². The molecule has 0 aromatic heterocycles. The van der Waals surface area contributed by atoms with Crippen molar-refractivity contribution in [3.8, 4) is 0 Å². The van der Waals surface area contributed by atoms with Gasteiger partial charge in [-0.15, -0.1) is 0 Å². The lowest BCUT2D eigenvalue weighted by molar-refractivity contribution is -0.141. The van der Waals surface area contributed by atoms with Gasteiger partial charge in [-0.1, -0.05) is 31.0 Å². The molecule has 12 heteroatoms. The maximum atomic E-state index is 13.0. The van der Waals surface area contributed by atoms with Crippen molar-refractivity contribution in [2.75, 3.05) is 19.3 Å². The van der Waals surface area contributed by atoms with E-state index in [0.29, 0.717) is 32.4 Å². The van der Waals surface area contributed by atoms with Crippen LogP contribution in [0.2, 0.25) is 38.8 Å². The Morgan fingerprint density at radius 3 is 2.18 bits per heavy atom. The van der Waals surface area contributed by atoms with Crippen molar-refractivity contribution in [1.82, 2.24) is 20.9 Å². The Labute approximate surface area is 243 Å². The third-order valence-electron chi connectivity index (χ3n) is 6.87. The quantitative estimate of drug-likeness (QED) is 0.105. The normalized spacial score (nSPS) is 17.7. The highest BCUT2D eigenvalue weighted by molar-refractivity contribution is 8.12. The minimum absolute atomic E-state index is 0.000414. The van der Waals surface area contributed by atoms with E-state index in [-0.39, 0.29) is 41.1 Å². The summed E-state index contributed by atoms with van der Waals surface area (Å²) < 4.78 is 6.40. The number of unbranched alkanes of at least 4 members (excludes halogenated alkanes) is 3. The topological polar surface area (TPSA) is 117 Å². The van der Waals surface area contributed by atoms with Gasteiger partial charge < -0.3 is 20.1 Å². The second-order valence-corrected chi connectivity index (χ2v) is 22.3. The summed E-state index contributed by atoms with van der Waals surface area (Å²) in [5, 5.41) is 8.67. The van der Waals surface area contributed by atoms with Gasteiger partial charge in [-0.25, -0.2) is 4.79 Å². The van der Waals surface area contributed by atoms with E-state index in [2.05, 4.69) is 48.7 Å².